The zero-order valence-electron chi connectivity index (χ0n) is 11.5. The number of non-ortho nitro benzene ring substituents is 1. The van der Waals surface area contributed by atoms with E-state index in [1.54, 1.807) is 26.0 Å². The van der Waals surface area contributed by atoms with Crippen LogP contribution in [0.3, 0.4) is 0 Å². The van der Waals surface area contributed by atoms with Crippen LogP contribution in [0.4, 0.5) is 5.69 Å². The minimum absolute atomic E-state index is 0.0396. The smallest absolute Gasteiger partial charge is 0.339 e. The molecule has 0 aliphatic heterocycles. The molecule has 0 aliphatic carbocycles. The molecule has 2 rings (SSSR count). The summed E-state index contributed by atoms with van der Waals surface area (Å²) in [5, 5.41) is 19.9. The predicted molar refractivity (Wildman–Crippen MR) is 76.0 cm³/mol. The van der Waals surface area contributed by atoms with E-state index in [0.717, 1.165) is 5.56 Å². The molecule has 0 amide bonds. The standard InChI is InChI=1S/C15H13NO5/c1-9-3-5-14(12(7-9)15(17)18)21-13-6-4-11(16(19)20)8-10(13)2/h3-8H,1-2H3,(H,17,18). The van der Waals surface area contributed by atoms with Gasteiger partial charge in [0, 0.05) is 12.1 Å². The SMILES string of the molecule is Cc1ccc(Oc2ccc([N+](=O)[O-])cc2C)c(C(=O)O)c1. The Morgan fingerprint density at radius 2 is 1.81 bits per heavy atom. The fourth-order valence-electron chi connectivity index (χ4n) is 1.88. The van der Waals surface area contributed by atoms with Crippen LogP contribution in [-0.4, -0.2) is 16.0 Å². The monoisotopic (exact) mass is 287 g/mol. The van der Waals surface area contributed by atoms with Gasteiger partial charge in [0.25, 0.3) is 5.69 Å². The molecule has 0 spiro atoms. The van der Waals surface area contributed by atoms with Crippen LogP contribution in [0.2, 0.25) is 0 Å². The van der Waals surface area contributed by atoms with Gasteiger partial charge in [0.15, 0.2) is 0 Å². The molecule has 0 saturated heterocycles. The highest BCUT2D eigenvalue weighted by Gasteiger charge is 2.14. The van der Waals surface area contributed by atoms with Crippen molar-refractivity contribution in [3.05, 3.63) is 63.2 Å². The third-order valence-corrected chi connectivity index (χ3v) is 2.95. The molecule has 6 heteroatoms. The first-order chi connectivity index (χ1) is 9.88. The van der Waals surface area contributed by atoms with Crippen LogP contribution in [0.15, 0.2) is 36.4 Å². The van der Waals surface area contributed by atoms with E-state index in [-0.39, 0.29) is 17.0 Å². The van der Waals surface area contributed by atoms with E-state index in [1.165, 1.54) is 24.3 Å². The highest BCUT2D eigenvalue weighted by Crippen LogP contribution is 2.30. The number of rotatable bonds is 4. The van der Waals surface area contributed by atoms with Crippen molar-refractivity contribution in [1.82, 2.24) is 0 Å². The number of aryl methyl sites for hydroxylation is 2. The van der Waals surface area contributed by atoms with E-state index >= 15 is 0 Å². The molecule has 0 saturated carbocycles. The highest BCUT2D eigenvalue weighted by atomic mass is 16.6. The summed E-state index contributed by atoms with van der Waals surface area (Å²) in [4.78, 5) is 21.4. The Morgan fingerprint density at radius 3 is 2.38 bits per heavy atom. The van der Waals surface area contributed by atoms with Crippen LogP contribution in [0.5, 0.6) is 11.5 Å². The van der Waals surface area contributed by atoms with Crippen LogP contribution in [0, 0.1) is 24.0 Å². The lowest BCUT2D eigenvalue weighted by atomic mass is 10.1. The number of carboxylic acid groups (broad SMARTS) is 1. The lowest BCUT2D eigenvalue weighted by Crippen LogP contribution is -2.01. The quantitative estimate of drug-likeness (QED) is 0.684. The summed E-state index contributed by atoms with van der Waals surface area (Å²) in [7, 11) is 0. The average molecular weight is 287 g/mol. The van der Waals surface area contributed by atoms with Gasteiger partial charge in [-0.2, -0.15) is 0 Å². The summed E-state index contributed by atoms with van der Waals surface area (Å²) in [5.74, 6) is -0.509. The van der Waals surface area contributed by atoms with Gasteiger partial charge in [0.05, 0.1) is 4.92 Å². The number of aromatic carboxylic acids is 1. The summed E-state index contributed by atoms with van der Waals surface area (Å²) >= 11 is 0. The molecule has 6 nitrogen and oxygen atoms in total. The molecule has 1 N–H and O–H groups in total. The van der Waals surface area contributed by atoms with E-state index in [1.807, 2.05) is 0 Å². The summed E-state index contributed by atoms with van der Waals surface area (Å²) in [6.07, 6.45) is 0. The van der Waals surface area contributed by atoms with Gasteiger partial charge in [0.2, 0.25) is 0 Å². The van der Waals surface area contributed by atoms with E-state index < -0.39 is 10.9 Å². The average Bonchev–Trinajstić information content (AvgIpc) is 2.42. The predicted octanol–water partition coefficient (Wildman–Crippen LogP) is 3.70. The van der Waals surface area contributed by atoms with Gasteiger partial charge < -0.3 is 9.84 Å². The summed E-state index contributed by atoms with van der Waals surface area (Å²) < 4.78 is 5.59. The van der Waals surface area contributed by atoms with E-state index in [2.05, 4.69) is 0 Å². The number of benzene rings is 2. The minimum atomic E-state index is -1.09. The Bertz CT molecular complexity index is 724. The lowest BCUT2D eigenvalue weighted by Gasteiger charge is -2.11. The molecule has 2 aromatic rings. The first-order valence-corrected chi connectivity index (χ1v) is 6.15. The third kappa shape index (κ3) is 3.17. The topological polar surface area (TPSA) is 89.7 Å². The number of hydrogen-bond donors (Lipinski definition) is 1. The van der Waals surface area contributed by atoms with Gasteiger partial charge >= 0.3 is 5.97 Å². The van der Waals surface area contributed by atoms with Gasteiger partial charge in [-0.15, -0.1) is 0 Å². The van der Waals surface area contributed by atoms with E-state index in [0.29, 0.717) is 11.3 Å². The van der Waals surface area contributed by atoms with E-state index in [9.17, 15) is 20.0 Å². The fraction of sp³-hybridized carbons (Fsp3) is 0.133. The largest absolute Gasteiger partial charge is 0.478 e. The number of nitro benzene ring substituents is 1. The minimum Gasteiger partial charge on any atom is -0.478 e. The number of carbonyl (C=O) groups is 1. The summed E-state index contributed by atoms with van der Waals surface area (Å²) in [5.41, 5.74) is 1.37. The number of ether oxygens (including phenoxy) is 1. The Balaban J connectivity index is 2.39. The number of hydrogen-bond acceptors (Lipinski definition) is 4. The van der Waals surface area contributed by atoms with Crippen LogP contribution < -0.4 is 4.74 Å². The first-order valence-electron chi connectivity index (χ1n) is 6.15. The van der Waals surface area contributed by atoms with Crippen LogP contribution >= 0.6 is 0 Å². The second-order valence-electron chi connectivity index (χ2n) is 4.61. The molecule has 0 atom stereocenters. The lowest BCUT2D eigenvalue weighted by molar-refractivity contribution is -0.384. The second kappa shape index (κ2) is 5.62. The molecule has 108 valence electrons. The van der Waals surface area contributed by atoms with Crippen LogP contribution in [0.1, 0.15) is 21.5 Å². The molecule has 0 bridgehead atoms. The number of nitrogens with zero attached hydrogens (tertiary/aromatic N) is 1. The maximum Gasteiger partial charge on any atom is 0.339 e. The maximum atomic E-state index is 11.2. The Labute approximate surface area is 120 Å². The van der Waals surface area contributed by atoms with Gasteiger partial charge in [-0.25, -0.2) is 4.79 Å². The van der Waals surface area contributed by atoms with Gasteiger partial charge in [0.1, 0.15) is 17.1 Å². The molecule has 0 unspecified atom stereocenters. The zero-order valence-corrected chi connectivity index (χ0v) is 11.5. The van der Waals surface area contributed by atoms with Crippen LogP contribution in [0.25, 0.3) is 0 Å². The number of nitro groups is 1. The first kappa shape index (κ1) is 14.5. The van der Waals surface area contributed by atoms with Gasteiger partial charge in [-0.3, -0.25) is 10.1 Å². The Kier molecular flexibility index (Phi) is 3.89. The maximum absolute atomic E-state index is 11.2. The van der Waals surface area contributed by atoms with Gasteiger partial charge in [-0.05, 0) is 37.6 Å². The van der Waals surface area contributed by atoms with Crippen molar-refractivity contribution < 1.29 is 19.6 Å². The normalized spacial score (nSPS) is 10.2. The van der Waals surface area contributed by atoms with Crippen molar-refractivity contribution in [3.63, 3.8) is 0 Å². The Hall–Kier alpha value is -2.89. The summed E-state index contributed by atoms with van der Waals surface area (Å²) in [6.45, 7) is 3.45. The van der Waals surface area contributed by atoms with Crippen molar-refractivity contribution in [2.24, 2.45) is 0 Å². The molecule has 2 aromatic carbocycles. The van der Waals surface area contributed by atoms with Crippen molar-refractivity contribution in [3.8, 4) is 11.5 Å². The van der Waals surface area contributed by atoms with E-state index in [4.69, 9.17) is 4.74 Å². The second-order valence-corrected chi connectivity index (χ2v) is 4.61. The van der Waals surface area contributed by atoms with Crippen molar-refractivity contribution >= 4 is 11.7 Å². The van der Waals surface area contributed by atoms with Crippen LogP contribution in [-0.2, 0) is 0 Å². The molecule has 0 aromatic heterocycles. The van der Waals surface area contributed by atoms with Crippen molar-refractivity contribution in [2.75, 3.05) is 0 Å². The zero-order chi connectivity index (χ0) is 15.6. The third-order valence-electron chi connectivity index (χ3n) is 2.95. The molecule has 0 radical (unpaired) electrons. The highest BCUT2D eigenvalue weighted by molar-refractivity contribution is 5.91. The molecule has 0 heterocycles. The van der Waals surface area contributed by atoms with Crippen molar-refractivity contribution in [1.29, 1.82) is 0 Å². The molecular weight excluding hydrogens is 274 g/mol. The molecule has 0 fully saturated rings. The molecule has 21 heavy (non-hydrogen) atoms. The van der Waals surface area contributed by atoms with Crippen molar-refractivity contribution in [2.45, 2.75) is 13.8 Å². The fourth-order valence-corrected chi connectivity index (χ4v) is 1.88. The molecular formula is C15H13NO5. The molecule has 0 aliphatic rings. The number of carboxylic acids is 1. The van der Waals surface area contributed by atoms with Gasteiger partial charge in [-0.1, -0.05) is 11.6 Å². The Morgan fingerprint density at radius 1 is 1.14 bits per heavy atom. The summed E-state index contributed by atoms with van der Waals surface area (Å²) in [6, 6.07) is 8.97.